The molecule has 2 N–H and O–H groups in total. The van der Waals surface area contributed by atoms with Gasteiger partial charge in [0, 0.05) is 42.7 Å². The number of aryl methyl sites for hydroxylation is 1. The lowest BCUT2D eigenvalue weighted by Crippen LogP contribution is -2.30. The number of amides is 1. The maximum atomic E-state index is 12.7. The van der Waals surface area contributed by atoms with Crippen LogP contribution in [0.4, 0.5) is 0 Å². The van der Waals surface area contributed by atoms with Crippen molar-refractivity contribution in [3.8, 4) is 11.5 Å². The van der Waals surface area contributed by atoms with E-state index in [2.05, 4.69) is 15.3 Å². The van der Waals surface area contributed by atoms with Gasteiger partial charge < -0.3 is 19.8 Å². The Kier molecular flexibility index (Phi) is 5.26. The Morgan fingerprint density at radius 3 is 2.94 bits per heavy atom. The molecule has 8 heteroatoms. The quantitative estimate of drug-likeness (QED) is 0.468. The summed E-state index contributed by atoms with van der Waals surface area (Å²) in [7, 11) is 1.64. The van der Waals surface area contributed by atoms with Gasteiger partial charge in [0.15, 0.2) is 6.61 Å². The molecule has 0 atom stereocenters. The maximum absolute atomic E-state index is 12.7. The van der Waals surface area contributed by atoms with Crippen LogP contribution < -0.4 is 20.3 Å². The second-order valence-electron chi connectivity index (χ2n) is 7.88. The van der Waals surface area contributed by atoms with Crippen molar-refractivity contribution in [2.45, 2.75) is 25.8 Å². The smallest absolute Gasteiger partial charge is 0.261 e. The van der Waals surface area contributed by atoms with Crippen LogP contribution in [0.15, 0.2) is 47.4 Å². The van der Waals surface area contributed by atoms with E-state index in [0.717, 1.165) is 40.9 Å². The lowest BCUT2D eigenvalue weighted by Gasteiger charge is -2.09. The number of H-pyrrole nitrogens is 1. The van der Waals surface area contributed by atoms with E-state index in [1.54, 1.807) is 29.9 Å². The van der Waals surface area contributed by atoms with Crippen molar-refractivity contribution < 1.29 is 14.3 Å². The number of fused-ring (bicyclic) bond motifs is 3. The van der Waals surface area contributed by atoms with E-state index >= 15 is 0 Å². The van der Waals surface area contributed by atoms with Gasteiger partial charge in [0.05, 0.1) is 18.0 Å². The number of carbonyl (C=O) groups is 1. The predicted molar refractivity (Wildman–Crippen MR) is 121 cm³/mol. The number of aromatic amines is 1. The van der Waals surface area contributed by atoms with Gasteiger partial charge in [0.1, 0.15) is 17.3 Å². The van der Waals surface area contributed by atoms with E-state index < -0.39 is 0 Å². The Balaban J connectivity index is 1.17. The number of carbonyl (C=O) groups excluding carboxylic acids is 1. The molecule has 1 amide bonds. The second-order valence-corrected chi connectivity index (χ2v) is 7.88. The Labute approximate surface area is 184 Å². The Morgan fingerprint density at radius 1 is 1.19 bits per heavy atom. The van der Waals surface area contributed by atoms with E-state index in [-0.39, 0.29) is 18.1 Å². The first-order valence-electron chi connectivity index (χ1n) is 10.7. The Morgan fingerprint density at radius 2 is 2.06 bits per heavy atom. The van der Waals surface area contributed by atoms with Crippen LogP contribution in [0.1, 0.15) is 17.8 Å². The minimum absolute atomic E-state index is 0.0475. The summed E-state index contributed by atoms with van der Waals surface area (Å²) in [5.74, 6) is 1.91. The van der Waals surface area contributed by atoms with Crippen LogP contribution in [-0.4, -0.2) is 40.7 Å². The SMILES string of the molecule is COc1ccc2c(CCNC(=O)COc3ccc4nc5n(c(=O)c4c3)CCC5)c[nH]c2c1. The number of benzene rings is 2. The number of nitrogens with one attached hydrogen (secondary N) is 2. The molecule has 0 bridgehead atoms. The van der Waals surface area contributed by atoms with Gasteiger partial charge in [-0.25, -0.2) is 4.98 Å². The van der Waals surface area contributed by atoms with Crippen LogP contribution in [0.3, 0.4) is 0 Å². The molecule has 1 aliphatic rings. The van der Waals surface area contributed by atoms with Gasteiger partial charge in [-0.15, -0.1) is 0 Å². The molecule has 2 aromatic carbocycles. The number of nitrogens with zero attached hydrogens (tertiary/aromatic N) is 2. The fraction of sp³-hybridized carbons (Fsp3) is 0.292. The molecule has 5 rings (SSSR count). The normalized spacial score (nSPS) is 12.8. The molecule has 0 saturated heterocycles. The van der Waals surface area contributed by atoms with E-state index in [0.29, 0.717) is 36.2 Å². The largest absolute Gasteiger partial charge is 0.497 e. The molecular formula is C24H24N4O4. The number of hydrogen-bond donors (Lipinski definition) is 2. The molecule has 0 aliphatic carbocycles. The first-order chi connectivity index (χ1) is 15.6. The van der Waals surface area contributed by atoms with E-state index in [1.165, 1.54) is 0 Å². The highest BCUT2D eigenvalue weighted by atomic mass is 16.5. The predicted octanol–water partition coefficient (Wildman–Crippen LogP) is 2.57. The van der Waals surface area contributed by atoms with Gasteiger partial charge in [-0.3, -0.25) is 14.2 Å². The lowest BCUT2D eigenvalue weighted by atomic mass is 10.1. The molecule has 8 nitrogen and oxygen atoms in total. The summed E-state index contributed by atoms with van der Waals surface area (Å²) in [6, 6.07) is 11.1. The van der Waals surface area contributed by atoms with E-state index in [9.17, 15) is 9.59 Å². The Bertz CT molecular complexity index is 1370. The molecule has 0 spiro atoms. The highest BCUT2D eigenvalue weighted by molar-refractivity contribution is 5.85. The van der Waals surface area contributed by atoms with Crippen LogP contribution in [0.25, 0.3) is 21.8 Å². The zero-order valence-corrected chi connectivity index (χ0v) is 17.8. The number of ether oxygens (including phenoxy) is 2. The molecule has 0 radical (unpaired) electrons. The van der Waals surface area contributed by atoms with Gasteiger partial charge in [-0.2, -0.15) is 0 Å². The van der Waals surface area contributed by atoms with Crippen molar-refractivity contribution in [3.63, 3.8) is 0 Å². The zero-order valence-electron chi connectivity index (χ0n) is 17.8. The standard InChI is InChI=1S/C24H24N4O4/c1-31-16-4-6-18-15(13-26-21(18)12-16)8-9-25-23(29)14-32-17-5-7-20-19(11-17)24(30)28-10-2-3-22(28)27-20/h4-7,11-13,26H,2-3,8-10,14H2,1H3,(H,25,29). The highest BCUT2D eigenvalue weighted by Crippen LogP contribution is 2.23. The molecule has 4 aromatic rings. The molecule has 164 valence electrons. The summed E-state index contributed by atoms with van der Waals surface area (Å²) in [6.07, 6.45) is 4.41. The second kappa shape index (κ2) is 8.37. The molecule has 0 saturated carbocycles. The summed E-state index contributed by atoms with van der Waals surface area (Å²) >= 11 is 0. The number of methoxy groups -OCH3 is 1. The van der Waals surface area contributed by atoms with E-state index in [1.807, 2.05) is 24.4 Å². The maximum Gasteiger partial charge on any atom is 0.261 e. The molecule has 2 aromatic heterocycles. The van der Waals surface area contributed by atoms with Crippen molar-refractivity contribution in [2.75, 3.05) is 20.3 Å². The average Bonchev–Trinajstić information content (AvgIpc) is 3.45. The third-order valence-electron chi connectivity index (χ3n) is 5.85. The van der Waals surface area contributed by atoms with Crippen LogP contribution in [0, 0.1) is 0 Å². The van der Waals surface area contributed by atoms with Gasteiger partial charge in [0.25, 0.3) is 11.5 Å². The minimum Gasteiger partial charge on any atom is -0.497 e. The molecule has 3 heterocycles. The first kappa shape index (κ1) is 20.1. The van der Waals surface area contributed by atoms with Gasteiger partial charge in [0.2, 0.25) is 0 Å². The van der Waals surface area contributed by atoms with Crippen LogP contribution in [0.2, 0.25) is 0 Å². The van der Waals surface area contributed by atoms with Gasteiger partial charge >= 0.3 is 0 Å². The molecule has 1 aliphatic heterocycles. The number of aromatic nitrogens is 3. The van der Waals surface area contributed by atoms with E-state index in [4.69, 9.17) is 9.47 Å². The van der Waals surface area contributed by atoms with Crippen LogP contribution in [-0.2, 0) is 24.2 Å². The van der Waals surface area contributed by atoms with Gasteiger partial charge in [-0.1, -0.05) is 0 Å². The molecular weight excluding hydrogens is 408 g/mol. The zero-order chi connectivity index (χ0) is 22.1. The van der Waals surface area contributed by atoms with Crippen molar-refractivity contribution in [3.05, 3.63) is 64.3 Å². The third kappa shape index (κ3) is 3.79. The van der Waals surface area contributed by atoms with Crippen molar-refractivity contribution in [1.29, 1.82) is 0 Å². The fourth-order valence-corrected chi connectivity index (χ4v) is 4.19. The topological polar surface area (TPSA) is 98.2 Å². The summed E-state index contributed by atoms with van der Waals surface area (Å²) in [6.45, 7) is 1.08. The number of hydrogen-bond acceptors (Lipinski definition) is 5. The Hall–Kier alpha value is -3.81. The van der Waals surface area contributed by atoms with Gasteiger partial charge in [-0.05, 0) is 48.7 Å². The van der Waals surface area contributed by atoms with Crippen LogP contribution >= 0.6 is 0 Å². The summed E-state index contributed by atoms with van der Waals surface area (Å²) < 4.78 is 12.6. The van der Waals surface area contributed by atoms with Crippen molar-refractivity contribution in [2.24, 2.45) is 0 Å². The fourth-order valence-electron chi connectivity index (χ4n) is 4.19. The van der Waals surface area contributed by atoms with Crippen LogP contribution in [0.5, 0.6) is 11.5 Å². The summed E-state index contributed by atoms with van der Waals surface area (Å²) in [5, 5.41) is 4.51. The summed E-state index contributed by atoms with van der Waals surface area (Å²) in [5.41, 5.74) is 2.74. The third-order valence-corrected chi connectivity index (χ3v) is 5.85. The van der Waals surface area contributed by atoms with Crippen molar-refractivity contribution in [1.82, 2.24) is 19.9 Å². The molecule has 32 heavy (non-hydrogen) atoms. The average molecular weight is 432 g/mol. The molecule has 0 unspecified atom stereocenters. The van der Waals surface area contributed by atoms with Crippen molar-refractivity contribution >= 4 is 27.7 Å². The first-order valence-corrected chi connectivity index (χ1v) is 10.7. The highest BCUT2D eigenvalue weighted by Gasteiger charge is 2.16. The number of rotatable bonds is 7. The lowest BCUT2D eigenvalue weighted by molar-refractivity contribution is -0.123. The summed E-state index contributed by atoms with van der Waals surface area (Å²) in [4.78, 5) is 32.7. The minimum atomic E-state index is -0.213. The molecule has 0 fully saturated rings. The monoisotopic (exact) mass is 432 g/mol.